The molecule has 0 aromatic heterocycles. The smallest absolute Gasteiger partial charge is 0.323 e. The minimum absolute atomic E-state index is 0.0469. The van der Waals surface area contributed by atoms with E-state index in [4.69, 9.17) is 5.11 Å². The van der Waals surface area contributed by atoms with Gasteiger partial charge in [0.2, 0.25) is 10.0 Å². The molecule has 0 heterocycles. The van der Waals surface area contributed by atoms with E-state index in [0.29, 0.717) is 6.54 Å². The fourth-order valence-corrected chi connectivity index (χ4v) is 1.99. The van der Waals surface area contributed by atoms with Crippen LogP contribution in [0.3, 0.4) is 0 Å². The van der Waals surface area contributed by atoms with Crippen molar-refractivity contribution in [3.63, 3.8) is 0 Å². The molecule has 0 amide bonds. The third kappa shape index (κ3) is 2.68. The Kier molecular flexibility index (Phi) is 2.87. The maximum absolute atomic E-state index is 11.4. The van der Waals surface area contributed by atoms with Gasteiger partial charge in [0.25, 0.3) is 0 Å². The molecule has 1 unspecified atom stereocenters. The summed E-state index contributed by atoms with van der Waals surface area (Å²) in [6.45, 7) is 3.48. The molecule has 2 N–H and O–H groups in total. The molecule has 0 spiro atoms. The van der Waals surface area contributed by atoms with Crippen molar-refractivity contribution >= 4 is 16.0 Å². The molecule has 0 saturated heterocycles. The molecule has 6 heteroatoms. The summed E-state index contributed by atoms with van der Waals surface area (Å²) in [4.78, 5) is 10.5. The molecule has 1 rings (SSSR count). The van der Waals surface area contributed by atoms with E-state index < -0.39 is 21.2 Å². The lowest BCUT2D eigenvalue weighted by atomic mass is 10.2. The highest BCUT2D eigenvalue weighted by Crippen LogP contribution is 2.44. The van der Waals surface area contributed by atoms with Gasteiger partial charge in [-0.1, -0.05) is 6.92 Å². The average molecular weight is 221 g/mol. The topological polar surface area (TPSA) is 83.5 Å². The summed E-state index contributed by atoms with van der Waals surface area (Å²) >= 11 is 0. The normalized spacial score (nSPS) is 21.6. The van der Waals surface area contributed by atoms with E-state index in [2.05, 4.69) is 4.72 Å². The van der Waals surface area contributed by atoms with Crippen LogP contribution in [0.25, 0.3) is 0 Å². The van der Waals surface area contributed by atoms with Gasteiger partial charge < -0.3 is 5.11 Å². The van der Waals surface area contributed by atoms with Crippen LogP contribution in [0.15, 0.2) is 0 Å². The second-order valence-corrected chi connectivity index (χ2v) is 6.24. The average Bonchev–Trinajstić information content (AvgIpc) is 2.80. The number of carbonyl (C=O) groups is 1. The summed E-state index contributed by atoms with van der Waals surface area (Å²) in [6.07, 6.45) is 1.99. The van der Waals surface area contributed by atoms with E-state index in [0.717, 1.165) is 12.8 Å². The van der Waals surface area contributed by atoms with Crippen LogP contribution >= 0.6 is 0 Å². The first kappa shape index (κ1) is 11.5. The number of carboxylic acid groups (broad SMARTS) is 1. The van der Waals surface area contributed by atoms with Crippen molar-refractivity contribution in [3.8, 4) is 0 Å². The standard InChI is InChI=1S/C8H15NO4S/c1-6(7(10)11)14(12,13)9-5-8(2)3-4-8/h6,9H,3-5H2,1-2H3,(H,10,11). The predicted molar refractivity (Wildman–Crippen MR) is 51.4 cm³/mol. The minimum atomic E-state index is -3.70. The number of carboxylic acids is 1. The zero-order chi connectivity index (χ0) is 11.0. The van der Waals surface area contributed by atoms with E-state index >= 15 is 0 Å². The summed E-state index contributed by atoms with van der Waals surface area (Å²) in [5, 5.41) is 7.16. The molecule has 1 atom stereocenters. The van der Waals surface area contributed by atoms with E-state index in [1.807, 2.05) is 6.92 Å². The van der Waals surface area contributed by atoms with Gasteiger partial charge in [-0.15, -0.1) is 0 Å². The number of aliphatic carboxylic acids is 1. The fraction of sp³-hybridized carbons (Fsp3) is 0.875. The summed E-state index contributed by atoms with van der Waals surface area (Å²) in [5.74, 6) is -1.32. The monoisotopic (exact) mass is 221 g/mol. The first-order valence-corrected chi connectivity index (χ1v) is 6.03. The Morgan fingerprint density at radius 2 is 2.07 bits per heavy atom. The number of hydrogen-bond acceptors (Lipinski definition) is 3. The fourth-order valence-electron chi connectivity index (χ4n) is 0.923. The molecule has 5 nitrogen and oxygen atoms in total. The van der Waals surface area contributed by atoms with E-state index in [-0.39, 0.29) is 5.41 Å². The van der Waals surface area contributed by atoms with Crippen LogP contribution in [0.2, 0.25) is 0 Å². The van der Waals surface area contributed by atoms with Gasteiger partial charge in [-0.3, -0.25) is 4.79 Å². The Hall–Kier alpha value is -0.620. The highest BCUT2D eigenvalue weighted by molar-refractivity contribution is 7.90. The lowest BCUT2D eigenvalue weighted by Gasteiger charge is -2.13. The maximum atomic E-state index is 11.4. The Labute approximate surface area is 83.6 Å². The van der Waals surface area contributed by atoms with Crippen molar-refractivity contribution in [2.45, 2.75) is 31.9 Å². The quantitative estimate of drug-likeness (QED) is 0.693. The second-order valence-electron chi connectivity index (χ2n) is 4.16. The highest BCUT2D eigenvalue weighted by atomic mass is 32.2. The second kappa shape index (κ2) is 3.51. The van der Waals surface area contributed by atoms with Crippen molar-refractivity contribution in [2.24, 2.45) is 5.41 Å². The predicted octanol–water partition coefficient (Wildman–Crippen LogP) is 0.179. The highest BCUT2D eigenvalue weighted by Gasteiger charge is 2.39. The third-order valence-corrected chi connectivity index (χ3v) is 4.30. The molecule has 0 aromatic carbocycles. The van der Waals surface area contributed by atoms with Crippen molar-refractivity contribution in [1.29, 1.82) is 0 Å². The Morgan fingerprint density at radius 1 is 1.57 bits per heavy atom. The SMILES string of the molecule is CC(C(=O)O)S(=O)(=O)NCC1(C)CC1. The zero-order valence-corrected chi connectivity index (χ0v) is 9.10. The summed E-state index contributed by atoms with van der Waals surface area (Å²) in [7, 11) is -3.70. The molecule has 1 fully saturated rings. The van der Waals surface area contributed by atoms with Gasteiger partial charge in [0.15, 0.2) is 5.25 Å². The number of hydrogen-bond donors (Lipinski definition) is 2. The zero-order valence-electron chi connectivity index (χ0n) is 8.28. The Balaban J connectivity index is 2.53. The molecule has 1 saturated carbocycles. The largest absolute Gasteiger partial charge is 0.480 e. The van der Waals surface area contributed by atoms with Gasteiger partial charge in [-0.05, 0) is 25.2 Å². The summed E-state index contributed by atoms with van der Waals surface area (Å²) < 4.78 is 25.0. The first-order valence-electron chi connectivity index (χ1n) is 4.48. The van der Waals surface area contributed by atoms with Crippen LogP contribution in [-0.2, 0) is 14.8 Å². The van der Waals surface area contributed by atoms with Crippen LogP contribution in [0, 0.1) is 5.41 Å². The number of rotatable bonds is 5. The van der Waals surface area contributed by atoms with E-state index in [1.165, 1.54) is 6.92 Å². The van der Waals surface area contributed by atoms with Crippen molar-refractivity contribution in [3.05, 3.63) is 0 Å². The van der Waals surface area contributed by atoms with E-state index in [9.17, 15) is 13.2 Å². The van der Waals surface area contributed by atoms with Crippen molar-refractivity contribution in [1.82, 2.24) is 4.72 Å². The van der Waals surface area contributed by atoms with Gasteiger partial charge in [0.1, 0.15) is 0 Å². The molecular weight excluding hydrogens is 206 g/mol. The lowest BCUT2D eigenvalue weighted by Crippen LogP contribution is -2.39. The van der Waals surface area contributed by atoms with Gasteiger partial charge in [-0.25, -0.2) is 13.1 Å². The Bertz CT molecular complexity index is 331. The number of nitrogens with one attached hydrogen (secondary N) is 1. The minimum Gasteiger partial charge on any atom is -0.480 e. The lowest BCUT2D eigenvalue weighted by molar-refractivity contribution is -0.136. The number of sulfonamides is 1. The molecule has 14 heavy (non-hydrogen) atoms. The molecule has 0 radical (unpaired) electrons. The molecule has 1 aliphatic carbocycles. The van der Waals surface area contributed by atoms with Crippen LogP contribution in [0.4, 0.5) is 0 Å². The molecule has 0 aliphatic heterocycles. The van der Waals surface area contributed by atoms with Gasteiger partial charge >= 0.3 is 5.97 Å². The van der Waals surface area contributed by atoms with Crippen LogP contribution in [0.1, 0.15) is 26.7 Å². The van der Waals surface area contributed by atoms with Crippen molar-refractivity contribution in [2.75, 3.05) is 6.54 Å². The van der Waals surface area contributed by atoms with E-state index in [1.54, 1.807) is 0 Å². The van der Waals surface area contributed by atoms with Crippen molar-refractivity contribution < 1.29 is 18.3 Å². The molecular formula is C8H15NO4S. The molecule has 82 valence electrons. The maximum Gasteiger partial charge on any atom is 0.323 e. The molecule has 0 aromatic rings. The summed E-state index contributed by atoms with van der Waals surface area (Å²) in [6, 6.07) is 0. The van der Waals surface area contributed by atoms with Crippen LogP contribution in [-0.4, -0.2) is 31.3 Å². The summed E-state index contributed by atoms with van der Waals surface area (Å²) in [5.41, 5.74) is 0.0469. The Morgan fingerprint density at radius 3 is 2.43 bits per heavy atom. The van der Waals surface area contributed by atoms with Crippen LogP contribution in [0.5, 0.6) is 0 Å². The van der Waals surface area contributed by atoms with Crippen LogP contribution < -0.4 is 4.72 Å². The molecule has 1 aliphatic rings. The van der Waals surface area contributed by atoms with Gasteiger partial charge in [0, 0.05) is 6.54 Å². The van der Waals surface area contributed by atoms with Gasteiger partial charge in [-0.2, -0.15) is 0 Å². The molecule has 0 bridgehead atoms. The first-order chi connectivity index (χ1) is 6.27. The third-order valence-electron chi connectivity index (χ3n) is 2.62. The van der Waals surface area contributed by atoms with Gasteiger partial charge in [0.05, 0.1) is 0 Å².